The lowest BCUT2D eigenvalue weighted by Gasteiger charge is -2.35. The third-order valence-electron chi connectivity index (χ3n) is 4.80. The van der Waals surface area contributed by atoms with Crippen molar-refractivity contribution in [3.05, 3.63) is 70.1 Å². The van der Waals surface area contributed by atoms with E-state index in [4.69, 9.17) is 4.42 Å². The minimum Gasteiger partial charge on any atom is -0.459 e. The van der Waals surface area contributed by atoms with E-state index in [2.05, 4.69) is 10.3 Å². The lowest BCUT2D eigenvalue weighted by Crippen LogP contribution is -2.50. The van der Waals surface area contributed by atoms with Crippen LogP contribution in [-0.4, -0.2) is 27.7 Å². The van der Waals surface area contributed by atoms with E-state index in [0.717, 1.165) is 21.7 Å². The highest BCUT2D eigenvalue weighted by Crippen LogP contribution is 2.27. The van der Waals surface area contributed by atoms with E-state index in [1.54, 1.807) is 17.0 Å². The van der Waals surface area contributed by atoms with Gasteiger partial charge in [0, 0.05) is 17.8 Å². The molecule has 3 heterocycles. The van der Waals surface area contributed by atoms with Gasteiger partial charge < -0.3 is 14.6 Å². The number of anilines is 1. The third-order valence-corrected chi connectivity index (χ3v) is 5.79. The molecule has 0 radical (unpaired) electrons. The minimum absolute atomic E-state index is 0.230. The zero-order valence-electron chi connectivity index (χ0n) is 15.1. The maximum Gasteiger partial charge on any atom is 0.290 e. The number of hydrogen-bond donors (Lipinski definition) is 1. The molecule has 3 aromatic rings. The smallest absolute Gasteiger partial charge is 0.290 e. The Morgan fingerprint density at radius 1 is 1.19 bits per heavy atom. The first-order valence-corrected chi connectivity index (χ1v) is 9.50. The second-order valence-corrected chi connectivity index (χ2v) is 7.75. The summed E-state index contributed by atoms with van der Waals surface area (Å²) in [6, 6.07) is 10.5. The first-order chi connectivity index (χ1) is 13.0. The van der Waals surface area contributed by atoms with Crippen molar-refractivity contribution in [3.63, 3.8) is 0 Å². The fraction of sp³-hybridized carbons (Fsp3) is 0.250. The minimum atomic E-state index is -0.623. The lowest BCUT2D eigenvalue weighted by molar-refractivity contribution is -0.121. The number of furan rings is 1. The molecule has 0 spiro atoms. The van der Waals surface area contributed by atoms with E-state index < -0.39 is 6.04 Å². The number of aryl methyl sites for hydroxylation is 2. The number of aromatic nitrogens is 1. The summed E-state index contributed by atoms with van der Waals surface area (Å²) in [4.78, 5) is 33.0. The molecule has 6 nitrogen and oxygen atoms in total. The van der Waals surface area contributed by atoms with Gasteiger partial charge in [-0.2, -0.15) is 0 Å². The number of benzene rings is 1. The molecule has 0 fully saturated rings. The molecule has 4 rings (SSSR count). The number of amides is 2. The molecule has 1 aliphatic rings. The van der Waals surface area contributed by atoms with Gasteiger partial charge in [-0.05, 0) is 37.1 Å². The Labute approximate surface area is 160 Å². The van der Waals surface area contributed by atoms with Crippen LogP contribution in [0, 0.1) is 13.8 Å². The number of carbonyl (C=O) groups is 2. The predicted octanol–water partition coefficient (Wildman–Crippen LogP) is 3.56. The van der Waals surface area contributed by atoms with Crippen molar-refractivity contribution in [1.29, 1.82) is 0 Å². The van der Waals surface area contributed by atoms with E-state index in [9.17, 15) is 9.59 Å². The number of fused-ring (bicyclic) bond motifs is 1. The zero-order valence-corrected chi connectivity index (χ0v) is 15.9. The van der Waals surface area contributed by atoms with Crippen molar-refractivity contribution in [2.75, 3.05) is 5.32 Å². The Hall–Kier alpha value is -2.93. The van der Waals surface area contributed by atoms with Gasteiger partial charge in [0.05, 0.1) is 12.0 Å². The van der Waals surface area contributed by atoms with Gasteiger partial charge in [0.1, 0.15) is 6.04 Å². The SMILES string of the molecule is Cc1nc(NC(=O)C2Cc3ccccc3CN2C(=O)c2ccco2)sc1C. The summed E-state index contributed by atoms with van der Waals surface area (Å²) in [6.45, 7) is 4.24. The third kappa shape index (κ3) is 3.38. The molecular weight excluding hydrogens is 362 g/mol. The van der Waals surface area contributed by atoms with Gasteiger partial charge in [-0.15, -0.1) is 11.3 Å². The Balaban J connectivity index is 1.64. The van der Waals surface area contributed by atoms with E-state index in [0.29, 0.717) is 18.1 Å². The molecule has 1 aromatic carbocycles. The first-order valence-electron chi connectivity index (χ1n) is 8.69. The summed E-state index contributed by atoms with van der Waals surface area (Å²) in [5.41, 5.74) is 3.02. The number of rotatable bonds is 3. The molecule has 2 aromatic heterocycles. The second-order valence-electron chi connectivity index (χ2n) is 6.55. The second kappa shape index (κ2) is 7.00. The summed E-state index contributed by atoms with van der Waals surface area (Å²) in [7, 11) is 0. The zero-order chi connectivity index (χ0) is 19.0. The number of carbonyl (C=O) groups excluding carboxylic acids is 2. The van der Waals surface area contributed by atoms with Crippen LogP contribution < -0.4 is 5.32 Å². The molecule has 0 saturated heterocycles. The quantitative estimate of drug-likeness (QED) is 0.753. The van der Waals surface area contributed by atoms with Crippen LogP contribution in [0.25, 0.3) is 0 Å². The van der Waals surface area contributed by atoms with Crippen LogP contribution in [0.3, 0.4) is 0 Å². The topological polar surface area (TPSA) is 75.4 Å². The van der Waals surface area contributed by atoms with Gasteiger partial charge >= 0.3 is 0 Å². The van der Waals surface area contributed by atoms with Gasteiger partial charge in [0.25, 0.3) is 5.91 Å². The largest absolute Gasteiger partial charge is 0.459 e. The summed E-state index contributed by atoms with van der Waals surface area (Å²) in [5, 5.41) is 3.43. The Kier molecular flexibility index (Phi) is 4.53. The van der Waals surface area contributed by atoms with Crippen LogP contribution in [0.4, 0.5) is 5.13 Å². The summed E-state index contributed by atoms with van der Waals surface area (Å²) >= 11 is 1.43. The van der Waals surface area contributed by atoms with Crippen LogP contribution in [0.15, 0.2) is 47.1 Å². The molecular formula is C20H19N3O3S. The average molecular weight is 381 g/mol. The highest BCUT2D eigenvalue weighted by molar-refractivity contribution is 7.15. The van der Waals surface area contributed by atoms with Gasteiger partial charge in [0.2, 0.25) is 5.91 Å². The molecule has 0 saturated carbocycles. The van der Waals surface area contributed by atoms with E-state index in [1.807, 2.05) is 38.1 Å². The number of thiazole rings is 1. The average Bonchev–Trinajstić information content (AvgIpc) is 3.30. The Morgan fingerprint density at radius 3 is 2.63 bits per heavy atom. The fourth-order valence-corrected chi connectivity index (χ4v) is 4.04. The Morgan fingerprint density at radius 2 is 1.96 bits per heavy atom. The molecule has 138 valence electrons. The van der Waals surface area contributed by atoms with E-state index in [1.165, 1.54) is 17.6 Å². The normalized spacial score (nSPS) is 16.1. The lowest BCUT2D eigenvalue weighted by atomic mass is 9.93. The molecule has 7 heteroatoms. The van der Waals surface area contributed by atoms with Crippen molar-refractivity contribution in [3.8, 4) is 0 Å². The van der Waals surface area contributed by atoms with Crippen LogP contribution in [0.1, 0.15) is 32.3 Å². The monoisotopic (exact) mass is 381 g/mol. The van der Waals surface area contributed by atoms with Gasteiger partial charge in [-0.3, -0.25) is 9.59 Å². The molecule has 0 aliphatic carbocycles. The number of nitrogens with zero attached hydrogens (tertiary/aromatic N) is 2. The molecule has 27 heavy (non-hydrogen) atoms. The van der Waals surface area contributed by atoms with E-state index in [-0.39, 0.29) is 17.6 Å². The first kappa shape index (κ1) is 17.5. The van der Waals surface area contributed by atoms with Crippen molar-refractivity contribution in [1.82, 2.24) is 9.88 Å². The van der Waals surface area contributed by atoms with Crippen LogP contribution in [0.5, 0.6) is 0 Å². The molecule has 1 atom stereocenters. The number of nitrogens with one attached hydrogen (secondary N) is 1. The molecule has 2 amide bonds. The fourth-order valence-electron chi connectivity index (χ4n) is 3.23. The molecule has 1 N–H and O–H groups in total. The Bertz CT molecular complexity index is 974. The van der Waals surface area contributed by atoms with Crippen molar-refractivity contribution in [2.45, 2.75) is 32.9 Å². The number of hydrogen-bond acceptors (Lipinski definition) is 5. The summed E-state index contributed by atoms with van der Waals surface area (Å²) in [6.07, 6.45) is 1.92. The maximum atomic E-state index is 13.0. The molecule has 0 bridgehead atoms. The predicted molar refractivity (Wildman–Crippen MR) is 103 cm³/mol. The van der Waals surface area contributed by atoms with Crippen LogP contribution in [0.2, 0.25) is 0 Å². The van der Waals surface area contributed by atoms with Crippen molar-refractivity contribution < 1.29 is 14.0 Å². The van der Waals surface area contributed by atoms with Crippen LogP contribution >= 0.6 is 11.3 Å². The van der Waals surface area contributed by atoms with Crippen molar-refractivity contribution >= 4 is 28.3 Å². The van der Waals surface area contributed by atoms with Gasteiger partial charge in [-0.25, -0.2) is 4.98 Å². The maximum absolute atomic E-state index is 13.0. The van der Waals surface area contributed by atoms with Gasteiger partial charge in [-0.1, -0.05) is 24.3 Å². The molecule has 1 aliphatic heterocycles. The van der Waals surface area contributed by atoms with Crippen LogP contribution in [-0.2, 0) is 17.8 Å². The van der Waals surface area contributed by atoms with Crippen molar-refractivity contribution in [2.24, 2.45) is 0 Å². The molecule has 1 unspecified atom stereocenters. The highest BCUT2D eigenvalue weighted by Gasteiger charge is 2.36. The highest BCUT2D eigenvalue weighted by atomic mass is 32.1. The summed E-state index contributed by atoms with van der Waals surface area (Å²) in [5.74, 6) is -0.299. The standard InChI is InChI=1S/C20H19N3O3S/c1-12-13(2)27-20(21-12)22-18(24)16-10-14-6-3-4-7-15(14)11-23(16)19(25)17-8-5-9-26-17/h3-9,16H,10-11H2,1-2H3,(H,21,22,24). The van der Waals surface area contributed by atoms with E-state index >= 15 is 0 Å². The van der Waals surface area contributed by atoms with Gasteiger partial charge in [0.15, 0.2) is 10.9 Å². The summed E-state index contributed by atoms with van der Waals surface area (Å²) < 4.78 is 5.27.